The van der Waals surface area contributed by atoms with Crippen LogP contribution in [0, 0.1) is 5.92 Å². The number of hydrogen-bond acceptors (Lipinski definition) is 3. The monoisotopic (exact) mass is 339 g/mol. The van der Waals surface area contributed by atoms with Gasteiger partial charge in [0, 0.05) is 24.0 Å². The van der Waals surface area contributed by atoms with E-state index >= 15 is 0 Å². The van der Waals surface area contributed by atoms with Crippen molar-refractivity contribution in [2.24, 2.45) is 5.92 Å². The summed E-state index contributed by atoms with van der Waals surface area (Å²) in [6.45, 7) is 11.5. The molecular formula is C21H29N3O. The molecule has 0 saturated heterocycles. The molecule has 4 nitrogen and oxygen atoms in total. The van der Waals surface area contributed by atoms with Crippen molar-refractivity contribution in [1.82, 2.24) is 10.3 Å². The highest BCUT2D eigenvalue weighted by molar-refractivity contribution is 5.94. The van der Waals surface area contributed by atoms with Crippen LogP contribution < -0.4 is 10.6 Å². The molecular weight excluding hydrogens is 310 g/mol. The number of benzene rings is 1. The van der Waals surface area contributed by atoms with Crippen LogP contribution in [0.4, 0.5) is 11.5 Å². The lowest BCUT2D eigenvalue weighted by Gasteiger charge is -2.23. The lowest BCUT2D eigenvalue weighted by molar-refractivity contribution is 0.0952. The molecule has 1 amide bonds. The molecule has 1 aromatic heterocycles. The number of carbonyl (C=O) groups excluding carboxylic acids is 1. The van der Waals surface area contributed by atoms with Gasteiger partial charge in [-0.3, -0.25) is 4.79 Å². The predicted molar refractivity (Wildman–Crippen MR) is 104 cm³/mol. The summed E-state index contributed by atoms with van der Waals surface area (Å²) in [6, 6.07) is 11.7. The average Bonchev–Trinajstić information content (AvgIpc) is 2.54. The second-order valence-corrected chi connectivity index (χ2v) is 7.79. The van der Waals surface area contributed by atoms with Crippen molar-refractivity contribution in [1.29, 1.82) is 0 Å². The van der Waals surface area contributed by atoms with Gasteiger partial charge in [-0.25, -0.2) is 4.98 Å². The number of aromatic nitrogens is 1. The summed E-state index contributed by atoms with van der Waals surface area (Å²) < 4.78 is 0. The zero-order valence-corrected chi connectivity index (χ0v) is 15.9. The third-order valence-electron chi connectivity index (χ3n) is 4.03. The number of nitrogens with zero attached hydrogens (tertiary/aromatic N) is 1. The Morgan fingerprint density at radius 3 is 2.56 bits per heavy atom. The molecule has 4 heteroatoms. The molecule has 0 unspecified atom stereocenters. The lowest BCUT2D eigenvalue weighted by Crippen LogP contribution is -2.25. The van der Waals surface area contributed by atoms with Crippen LogP contribution in [0.15, 0.2) is 42.6 Å². The fourth-order valence-corrected chi connectivity index (χ4v) is 2.60. The number of carbonyl (C=O) groups is 1. The summed E-state index contributed by atoms with van der Waals surface area (Å²) in [7, 11) is 0. The van der Waals surface area contributed by atoms with Gasteiger partial charge in [0.05, 0.1) is 0 Å². The smallest absolute Gasteiger partial charge is 0.251 e. The third kappa shape index (κ3) is 5.59. The molecule has 0 fully saturated rings. The van der Waals surface area contributed by atoms with E-state index in [-0.39, 0.29) is 11.3 Å². The van der Waals surface area contributed by atoms with Crippen molar-refractivity contribution >= 4 is 17.4 Å². The molecule has 0 bridgehead atoms. The summed E-state index contributed by atoms with van der Waals surface area (Å²) in [5, 5.41) is 6.32. The predicted octanol–water partition coefficient (Wildman–Crippen LogP) is 4.90. The van der Waals surface area contributed by atoms with Crippen molar-refractivity contribution in [2.75, 3.05) is 11.9 Å². The van der Waals surface area contributed by atoms with Crippen molar-refractivity contribution in [3.05, 3.63) is 53.7 Å². The van der Waals surface area contributed by atoms with Crippen LogP contribution in [0.25, 0.3) is 0 Å². The van der Waals surface area contributed by atoms with Gasteiger partial charge < -0.3 is 10.6 Å². The maximum atomic E-state index is 12.3. The first-order valence-corrected chi connectivity index (χ1v) is 8.88. The summed E-state index contributed by atoms with van der Waals surface area (Å²) in [6.07, 6.45) is 2.64. The molecule has 0 atom stereocenters. The summed E-state index contributed by atoms with van der Waals surface area (Å²) in [5.41, 5.74) is 2.87. The highest BCUT2D eigenvalue weighted by Gasteiger charge is 2.17. The van der Waals surface area contributed by atoms with E-state index in [1.807, 2.05) is 18.2 Å². The number of anilines is 2. The SMILES string of the molecule is CC(C)CCNC(=O)c1ccnc(Nc2ccccc2C(C)(C)C)c1. The van der Waals surface area contributed by atoms with Gasteiger partial charge in [-0.1, -0.05) is 52.8 Å². The van der Waals surface area contributed by atoms with Crippen molar-refractivity contribution in [3.63, 3.8) is 0 Å². The third-order valence-corrected chi connectivity index (χ3v) is 4.03. The zero-order chi connectivity index (χ0) is 18.4. The summed E-state index contributed by atoms with van der Waals surface area (Å²) in [4.78, 5) is 16.6. The molecule has 2 rings (SSSR count). The van der Waals surface area contributed by atoms with Crippen LogP contribution in [0.3, 0.4) is 0 Å². The number of nitrogens with one attached hydrogen (secondary N) is 2. The maximum absolute atomic E-state index is 12.3. The highest BCUT2D eigenvalue weighted by atomic mass is 16.1. The number of hydrogen-bond donors (Lipinski definition) is 2. The van der Waals surface area contributed by atoms with Gasteiger partial charge in [0.2, 0.25) is 0 Å². The van der Waals surface area contributed by atoms with E-state index in [1.165, 1.54) is 5.56 Å². The molecule has 0 spiro atoms. The van der Waals surface area contributed by atoms with Crippen LogP contribution in [0.1, 0.15) is 57.0 Å². The quantitative estimate of drug-likeness (QED) is 0.787. The van der Waals surface area contributed by atoms with Crippen molar-refractivity contribution < 1.29 is 4.79 Å². The molecule has 2 aromatic rings. The molecule has 0 saturated carbocycles. The molecule has 1 aromatic carbocycles. The molecule has 134 valence electrons. The Bertz CT molecular complexity index is 717. The van der Waals surface area contributed by atoms with E-state index in [4.69, 9.17) is 0 Å². The Balaban J connectivity index is 2.14. The normalized spacial score (nSPS) is 11.4. The van der Waals surface area contributed by atoms with Crippen molar-refractivity contribution in [3.8, 4) is 0 Å². The minimum atomic E-state index is -0.0600. The topological polar surface area (TPSA) is 54.0 Å². The van der Waals surface area contributed by atoms with E-state index in [0.717, 1.165) is 12.1 Å². The number of pyridine rings is 1. The molecule has 0 aliphatic rings. The Kier molecular flexibility index (Phi) is 6.18. The summed E-state index contributed by atoms with van der Waals surface area (Å²) in [5.74, 6) is 1.19. The molecule has 1 heterocycles. The lowest BCUT2D eigenvalue weighted by atomic mass is 9.86. The van der Waals surface area contributed by atoms with Gasteiger partial charge in [-0.15, -0.1) is 0 Å². The molecule has 0 aliphatic carbocycles. The number of amides is 1. The van der Waals surface area contributed by atoms with Gasteiger partial charge in [-0.2, -0.15) is 0 Å². The Labute approximate surface area is 151 Å². The van der Waals surface area contributed by atoms with Crippen LogP contribution >= 0.6 is 0 Å². The minimum absolute atomic E-state index is 0.0232. The second-order valence-electron chi connectivity index (χ2n) is 7.79. The molecule has 2 N–H and O–H groups in total. The van der Waals surface area contributed by atoms with Gasteiger partial charge >= 0.3 is 0 Å². The van der Waals surface area contributed by atoms with Gasteiger partial charge in [0.25, 0.3) is 5.91 Å². The van der Waals surface area contributed by atoms with E-state index in [2.05, 4.69) is 56.3 Å². The van der Waals surface area contributed by atoms with E-state index < -0.39 is 0 Å². The molecule has 0 aliphatic heterocycles. The first kappa shape index (κ1) is 19.0. The Hall–Kier alpha value is -2.36. The van der Waals surface area contributed by atoms with E-state index in [0.29, 0.717) is 23.8 Å². The number of rotatable bonds is 6. The summed E-state index contributed by atoms with van der Waals surface area (Å²) >= 11 is 0. The maximum Gasteiger partial charge on any atom is 0.251 e. The fraction of sp³-hybridized carbons (Fsp3) is 0.429. The van der Waals surface area contributed by atoms with Gasteiger partial charge in [0.15, 0.2) is 0 Å². The second kappa shape index (κ2) is 8.15. The Morgan fingerprint density at radius 2 is 1.88 bits per heavy atom. The Morgan fingerprint density at radius 1 is 1.16 bits per heavy atom. The molecule has 25 heavy (non-hydrogen) atoms. The van der Waals surface area contributed by atoms with Gasteiger partial charge in [-0.05, 0) is 41.5 Å². The standard InChI is InChI=1S/C21H29N3O/c1-15(2)10-12-23-20(25)16-11-13-22-19(14-16)24-18-9-7-6-8-17(18)21(3,4)5/h6-9,11,13-15H,10,12H2,1-5H3,(H,22,24)(H,23,25). The van der Waals surface area contributed by atoms with Crippen molar-refractivity contribution in [2.45, 2.75) is 46.5 Å². The van der Waals surface area contributed by atoms with Crippen LogP contribution in [-0.4, -0.2) is 17.4 Å². The molecule has 0 radical (unpaired) electrons. The van der Waals surface area contributed by atoms with Crippen LogP contribution in [0.2, 0.25) is 0 Å². The number of para-hydroxylation sites is 1. The fourth-order valence-electron chi connectivity index (χ4n) is 2.60. The van der Waals surface area contributed by atoms with E-state index in [9.17, 15) is 4.79 Å². The minimum Gasteiger partial charge on any atom is -0.352 e. The first-order valence-electron chi connectivity index (χ1n) is 8.88. The average molecular weight is 339 g/mol. The first-order chi connectivity index (χ1) is 11.8. The largest absolute Gasteiger partial charge is 0.352 e. The van der Waals surface area contributed by atoms with Crippen LogP contribution in [-0.2, 0) is 5.41 Å². The van der Waals surface area contributed by atoms with Gasteiger partial charge in [0.1, 0.15) is 5.82 Å². The highest BCUT2D eigenvalue weighted by Crippen LogP contribution is 2.30. The zero-order valence-electron chi connectivity index (χ0n) is 15.9. The van der Waals surface area contributed by atoms with Crippen LogP contribution in [0.5, 0.6) is 0 Å². The van der Waals surface area contributed by atoms with E-state index in [1.54, 1.807) is 18.3 Å².